The van der Waals surface area contributed by atoms with E-state index in [9.17, 15) is 14.7 Å². The fourth-order valence-electron chi connectivity index (χ4n) is 6.44. The Morgan fingerprint density at radius 1 is 1.23 bits per heavy atom. The number of fused-ring (bicyclic) bond motifs is 5. The van der Waals surface area contributed by atoms with Crippen molar-refractivity contribution < 1.29 is 14.7 Å². The van der Waals surface area contributed by atoms with E-state index < -0.39 is 6.10 Å². The first-order valence-electron chi connectivity index (χ1n) is 8.86. The molecule has 0 heterocycles. The average Bonchev–Trinajstić information content (AvgIpc) is 2.74. The van der Waals surface area contributed by atoms with Crippen LogP contribution in [0.4, 0.5) is 0 Å². The molecule has 0 bridgehead atoms. The Kier molecular flexibility index (Phi) is 3.17. The highest BCUT2D eigenvalue weighted by atomic mass is 16.3. The summed E-state index contributed by atoms with van der Waals surface area (Å²) < 4.78 is 0. The van der Waals surface area contributed by atoms with Crippen molar-refractivity contribution in [3.63, 3.8) is 0 Å². The highest BCUT2D eigenvalue weighted by Gasteiger charge is 2.58. The predicted octanol–water partition coefficient (Wildman–Crippen LogP) is 2.91. The first kappa shape index (κ1) is 14.6. The minimum atomic E-state index is -0.506. The molecule has 0 spiro atoms. The number of carbonyl (C=O) groups excluding carboxylic acids is 2. The summed E-state index contributed by atoms with van der Waals surface area (Å²) in [5.41, 5.74) is 1.07. The van der Waals surface area contributed by atoms with Crippen LogP contribution in [0.5, 0.6) is 0 Å². The monoisotopic (exact) mass is 302 g/mol. The highest BCUT2D eigenvalue weighted by molar-refractivity contribution is 5.92. The normalized spacial score (nSPS) is 51.0. The molecule has 3 nitrogen and oxygen atoms in total. The molecule has 22 heavy (non-hydrogen) atoms. The largest absolute Gasteiger partial charge is 0.392 e. The fourth-order valence-corrected chi connectivity index (χ4v) is 6.44. The number of Topliss-reactive ketones (excluding diaryl/α,β-unsaturated/α-hetero) is 1. The number of ketones is 2. The van der Waals surface area contributed by atoms with E-state index in [0.29, 0.717) is 29.5 Å². The van der Waals surface area contributed by atoms with Gasteiger partial charge in [0.2, 0.25) is 0 Å². The maximum Gasteiger partial charge on any atom is 0.158 e. The fraction of sp³-hybridized carbons (Fsp3) is 0.789. The lowest BCUT2D eigenvalue weighted by molar-refractivity contribution is -0.133. The van der Waals surface area contributed by atoms with Gasteiger partial charge >= 0.3 is 0 Å². The van der Waals surface area contributed by atoms with Gasteiger partial charge in [-0.25, -0.2) is 0 Å². The second-order valence-electron chi connectivity index (χ2n) is 8.43. The van der Waals surface area contributed by atoms with E-state index in [4.69, 9.17) is 0 Å². The second-order valence-corrected chi connectivity index (χ2v) is 8.43. The van der Waals surface area contributed by atoms with E-state index in [-0.39, 0.29) is 23.5 Å². The van der Waals surface area contributed by atoms with Crippen molar-refractivity contribution in [2.24, 2.45) is 35.0 Å². The van der Waals surface area contributed by atoms with Gasteiger partial charge in [-0.15, -0.1) is 0 Å². The van der Waals surface area contributed by atoms with Gasteiger partial charge in [0, 0.05) is 24.2 Å². The van der Waals surface area contributed by atoms with E-state index in [0.717, 1.165) is 32.1 Å². The standard InChI is InChI=1S/C19H26O3/c1-10-7-11-8-12(20)9-15(21)18(11)13-5-6-19(2)14(17(10)13)3-4-16(19)22/h8,10,13-15,17-18,21H,3-7,9H2,1-2H3/t10-,13+,14+,15?,17-,18+,19+/m1/s1. The van der Waals surface area contributed by atoms with Crippen molar-refractivity contribution >= 4 is 11.6 Å². The summed E-state index contributed by atoms with van der Waals surface area (Å²) in [6, 6.07) is 0. The van der Waals surface area contributed by atoms with E-state index in [1.807, 2.05) is 6.08 Å². The van der Waals surface area contributed by atoms with Crippen molar-refractivity contribution in [2.75, 3.05) is 0 Å². The first-order chi connectivity index (χ1) is 10.4. The molecule has 1 unspecified atom stereocenters. The summed E-state index contributed by atoms with van der Waals surface area (Å²) in [6.07, 6.45) is 6.29. The number of hydrogen-bond donors (Lipinski definition) is 1. The summed E-state index contributed by atoms with van der Waals surface area (Å²) in [6.45, 7) is 4.47. The van der Waals surface area contributed by atoms with Gasteiger partial charge in [-0.1, -0.05) is 19.4 Å². The third-order valence-electron chi connectivity index (χ3n) is 7.37. The van der Waals surface area contributed by atoms with Crippen LogP contribution >= 0.6 is 0 Å². The molecule has 0 aromatic carbocycles. The van der Waals surface area contributed by atoms with Crippen molar-refractivity contribution in [1.29, 1.82) is 0 Å². The zero-order chi connectivity index (χ0) is 15.6. The third-order valence-corrected chi connectivity index (χ3v) is 7.37. The molecule has 0 aromatic rings. The topological polar surface area (TPSA) is 54.4 Å². The molecule has 3 saturated carbocycles. The molecule has 3 heteroatoms. The van der Waals surface area contributed by atoms with Gasteiger partial charge in [0.05, 0.1) is 6.10 Å². The smallest absolute Gasteiger partial charge is 0.158 e. The molecule has 0 aliphatic heterocycles. The SMILES string of the molecule is C[C@@H]1CC2=CC(=O)CC(O)[C@@H]2[C@H]2CC[C@]3(C)C(=O)CC[C@H]3[C@@H]21. The number of hydrogen-bond acceptors (Lipinski definition) is 3. The Hall–Kier alpha value is -0.960. The molecule has 4 aliphatic rings. The summed E-state index contributed by atoms with van der Waals surface area (Å²) in [4.78, 5) is 24.2. The predicted molar refractivity (Wildman–Crippen MR) is 83.0 cm³/mol. The van der Waals surface area contributed by atoms with Crippen molar-refractivity contribution in [2.45, 2.75) is 58.5 Å². The molecule has 0 amide bonds. The van der Waals surface area contributed by atoms with Gasteiger partial charge in [-0.3, -0.25) is 9.59 Å². The lowest BCUT2D eigenvalue weighted by Crippen LogP contribution is -2.52. The summed E-state index contributed by atoms with van der Waals surface area (Å²) in [5.74, 6) is 2.71. The van der Waals surface area contributed by atoms with Crippen LogP contribution in [0.15, 0.2) is 11.6 Å². The van der Waals surface area contributed by atoms with Crippen LogP contribution in [0.3, 0.4) is 0 Å². The van der Waals surface area contributed by atoms with Gasteiger partial charge in [0.1, 0.15) is 5.78 Å². The Morgan fingerprint density at radius 3 is 2.77 bits per heavy atom. The zero-order valence-electron chi connectivity index (χ0n) is 13.5. The summed E-state index contributed by atoms with van der Waals surface area (Å²) in [7, 11) is 0. The second kappa shape index (κ2) is 4.77. The van der Waals surface area contributed by atoms with Gasteiger partial charge in [0.15, 0.2) is 5.78 Å². The molecule has 120 valence electrons. The van der Waals surface area contributed by atoms with Crippen LogP contribution in [-0.2, 0) is 9.59 Å². The molecule has 0 radical (unpaired) electrons. The minimum Gasteiger partial charge on any atom is -0.392 e. The molecule has 0 aromatic heterocycles. The van der Waals surface area contributed by atoms with E-state index in [1.165, 1.54) is 5.57 Å². The van der Waals surface area contributed by atoms with Crippen LogP contribution in [-0.4, -0.2) is 22.8 Å². The van der Waals surface area contributed by atoms with Crippen molar-refractivity contribution in [3.8, 4) is 0 Å². The lowest BCUT2D eigenvalue weighted by Gasteiger charge is -2.55. The molecule has 7 atom stereocenters. The van der Waals surface area contributed by atoms with Gasteiger partial charge in [0.25, 0.3) is 0 Å². The van der Waals surface area contributed by atoms with E-state index in [2.05, 4.69) is 13.8 Å². The van der Waals surface area contributed by atoms with Crippen LogP contribution in [0.25, 0.3) is 0 Å². The first-order valence-corrected chi connectivity index (χ1v) is 8.86. The lowest BCUT2D eigenvalue weighted by atomic mass is 9.49. The van der Waals surface area contributed by atoms with Gasteiger partial charge in [-0.2, -0.15) is 0 Å². The Morgan fingerprint density at radius 2 is 2.00 bits per heavy atom. The molecular weight excluding hydrogens is 276 g/mol. The van der Waals surface area contributed by atoms with Crippen molar-refractivity contribution in [1.82, 2.24) is 0 Å². The number of rotatable bonds is 0. The van der Waals surface area contributed by atoms with Gasteiger partial charge in [-0.05, 0) is 55.4 Å². The Bertz CT molecular complexity index is 563. The zero-order valence-corrected chi connectivity index (χ0v) is 13.5. The number of carbonyl (C=O) groups is 2. The molecule has 3 fully saturated rings. The highest BCUT2D eigenvalue weighted by Crippen LogP contribution is 2.61. The van der Waals surface area contributed by atoms with Crippen LogP contribution in [0.2, 0.25) is 0 Å². The summed E-state index contributed by atoms with van der Waals surface area (Å²) in [5, 5.41) is 10.5. The maximum absolute atomic E-state index is 12.4. The summed E-state index contributed by atoms with van der Waals surface area (Å²) >= 11 is 0. The molecule has 0 saturated heterocycles. The van der Waals surface area contributed by atoms with Crippen LogP contribution in [0.1, 0.15) is 52.4 Å². The van der Waals surface area contributed by atoms with Crippen LogP contribution in [0, 0.1) is 35.0 Å². The van der Waals surface area contributed by atoms with E-state index in [1.54, 1.807) is 0 Å². The van der Waals surface area contributed by atoms with Gasteiger partial charge < -0.3 is 5.11 Å². The van der Waals surface area contributed by atoms with Crippen molar-refractivity contribution in [3.05, 3.63) is 11.6 Å². The quantitative estimate of drug-likeness (QED) is 0.748. The number of aliphatic hydroxyl groups excluding tert-OH is 1. The van der Waals surface area contributed by atoms with Crippen LogP contribution < -0.4 is 0 Å². The average molecular weight is 302 g/mol. The Balaban J connectivity index is 1.72. The molecule has 1 N–H and O–H groups in total. The maximum atomic E-state index is 12.4. The minimum absolute atomic E-state index is 0.0843. The Labute approximate surface area is 132 Å². The third kappa shape index (κ3) is 1.84. The molecule has 4 rings (SSSR count). The van der Waals surface area contributed by atoms with E-state index >= 15 is 0 Å². The number of aliphatic hydroxyl groups is 1. The molecule has 4 aliphatic carbocycles. The molecular formula is C19H26O3.